The summed E-state index contributed by atoms with van der Waals surface area (Å²) in [6.45, 7) is 4.06. The minimum atomic E-state index is 0.326. The Balaban J connectivity index is 1.30. The van der Waals surface area contributed by atoms with Crippen molar-refractivity contribution in [3.8, 4) is 11.5 Å². The highest BCUT2D eigenvalue weighted by Gasteiger charge is 2.18. The quantitative estimate of drug-likeness (QED) is 0.890. The van der Waals surface area contributed by atoms with Gasteiger partial charge in [-0.3, -0.25) is 0 Å². The van der Waals surface area contributed by atoms with E-state index in [2.05, 4.69) is 21.8 Å². The van der Waals surface area contributed by atoms with E-state index in [0.29, 0.717) is 12.7 Å². The second-order valence-electron chi connectivity index (χ2n) is 5.46. The Morgan fingerprint density at radius 1 is 1.29 bits per heavy atom. The number of fused-ring (bicyclic) bond motifs is 2. The number of hydrogen-bond acceptors (Lipinski definition) is 5. The van der Waals surface area contributed by atoms with Crippen molar-refractivity contribution in [2.75, 3.05) is 25.2 Å². The lowest BCUT2D eigenvalue weighted by molar-refractivity contribution is 0.174. The van der Waals surface area contributed by atoms with Crippen molar-refractivity contribution in [2.45, 2.75) is 13.1 Å². The maximum Gasteiger partial charge on any atom is 0.231 e. The van der Waals surface area contributed by atoms with Crippen LogP contribution in [0.1, 0.15) is 5.56 Å². The van der Waals surface area contributed by atoms with Gasteiger partial charge in [0.2, 0.25) is 6.79 Å². The minimum Gasteiger partial charge on any atom is -0.454 e. The maximum atomic E-state index is 5.39. The summed E-state index contributed by atoms with van der Waals surface area (Å²) < 4.78 is 12.7. The molecule has 0 saturated carbocycles. The molecule has 4 rings (SSSR count). The molecule has 2 aliphatic rings. The van der Waals surface area contributed by atoms with Crippen molar-refractivity contribution >= 4 is 5.82 Å². The van der Waals surface area contributed by atoms with E-state index in [1.165, 1.54) is 5.56 Å². The molecule has 0 fully saturated rings. The fourth-order valence-corrected chi connectivity index (χ4v) is 2.79. The fraction of sp³-hybridized carbons (Fsp3) is 0.400. The lowest BCUT2D eigenvalue weighted by Gasteiger charge is -2.25. The molecule has 2 N–H and O–H groups in total. The van der Waals surface area contributed by atoms with Gasteiger partial charge < -0.3 is 20.1 Å². The van der Waals surface area contributed by atoms with Gasteiger partial charge >= 0.3 is 0 Å². The zero-order valence-electron chi connectivity index (χ0n) is 11.7. The number of nitrogens with one attached hydrogen (secondary N) is 2. The van der Waals surface area contributed by atoms with Crippen molar-refractivity contribution < 1.29 is 9.47 Å². The van der Waals surface area contributed by atoms with Gasteiger partial charge in [0.25, 0.3) is 0 Å². The van der Waals surface area contributed by atoms with Crippen molar-refractivity contribution in [3.63, 3.8) is 0 Å². The molecule has 3 heterocycles. The van der Waals surface area contributed by atoms with Crippen LogP contribution in [0.2, 0.25) is 0 Å². The number of anilines is 1. The van der Waals surface area contributed by atoms with Gasteiger partial charge in [0.15, 0.2) is 11.5 Å². The summed E-state index contributed by atoms with van der Waals surface area (Å²) in [5.74, 6) is 3.34. The third-order valence-electron chi connectivity index (χ3n) is 3.92. The average molecular weight is 286 g/mol. The van der Waals surface area contributed by atoms with Crippen LogP contribution in [-0.2, 0) is 13.1 Å². The Morgan fingerprint density at radius 3 is 3.24 bits per heavy atom. The first-order valence-corrected chi connectivity index (χ1v) is 7.23. The molecule has 21 heavy (non-hydrogen) atoms. The molecular formula is C15H18N4O2. The molecule has 1 atom stereocenters. The van der Waals surface area contributed by atoms with Crippen molar-refractivity contribution in [2.24, 2.45) is 5.92 Å². The summed E-state index contributed by atoms with van der Waals surface area (Å²) in [5, 5.41) is 11.2. The molecule has 6 nitrogen and oxygen atoms in total. The molecule has 1 aromatic carbocycles. The summed E-state index contributed by atoms with van der Waals surface area (Å²) >= 11 is 0. The normalized spacial score (nSPS) is 19.1. The first kappa shape index (κ1) is 12.5. The largest absolute Gasteiger partial charge is 0.454 e. The Bertz CT molecular complexity index is 640. The predicted octanol–water partition coefficient (Wildman–Crippen LogP) is 1.44. The lowest BCUT2D eigenvalue weighted by atomic mass is 10.1. The zero-order valence-corrected chi connectivity index (χ0v) is 11.7. The van der Waals surface area contributed by atoms with Gasteiger partial charge in [0.05, 0.1) is 6.20 Å². The van der Waals surface area contributed by atoms with Crippen molar-refractivity contribution in [1.29, 1.82) is 0 Å². The summed E-state index contributed by atoms with van der Waals surface area (Å²) in [5.41, 5.74) is 1.21. The second kappa shape index (κ2) is 5.29. The third-order valence-corrected chi connectivity index (χ3v) is 3.92. The molecule has 2 aromatic rings. The van der Waals surface area contributed by atoms with E-state index in [9.17, 15) is 0 Å². The molecule has 0 unspecified atom stereocenters. The first-order valence-electron chi connectivity index (χ1n) is 7.23. The highest BCUT2D eigenvalue weighted by molar-refractivity contribution is 5.44. The summed E-state index contributed by atoms with van der Waals surface area (Å²) in [7, 11) is 0. The van der Waals surface area contributed by atoms with Gasteiger partial charge in [0.1, 0.15) is 5.82 Å². The number of hydrogen-bond donors (Lipinski definition) is 2. The van der Waals surface area contributed by atoms with Gasteiger partial charge in [-0.1, -0.05) is 6.07 Å². The van der Waals surface area contributed by atoms with E-state index < -0.39 is 0 Å². The van der Waals surface area contributed by atoms with Crippen LogP contribution in [0, 0.1) is 5.92 Å². The van der Waals surface area contributed by atoms with Crippen LogP contribution in [0.15, 0.2) is 30.5 Å². The van der Waals surface area contributed by atoms with Gasteiger partial charge in [-0.2, -0.15) is 5.10 Å². The minimum absolute atomic E-state index is 0.326. The number of rotatable bonds is 4. The highest BCUT2D eigenvalue weighted by Crippen LogP contribution is 2.32. The maximum absolute atomic E-state index is 5.39. The average Bonchev–Trinajstić information content (AvgIpc) is 3.14. The molecule has 2 aliphatic heterocycles. The molecule has 0 amide bonds. The monoisotopic (exact) mass is 286 g/mol. The first-order chi connectivity index (χ1) is 10.4. The third kappa shape index (κ3) is 2.54. The van der Waals surface area contributed by atoms with Gasteiger partial charge in [0, 0.05) is 38.2 Å². The van der Waals surface area contributed by atoms with Crippen LogP contribution in [-0.4, -0.2) is 29.7 Å². The van der Waals surface area contributed by atoms with Crippen LogP contribution in [0.25, 0.3) is 0 Å². The van der Waals surface area contributed by atoms with E-state index in [4.69, 9.17) is 9.47 Å². The number of aromatic nitrogens is 2. The standard InChI is InChI=1S/C15H18N4O2/c1-2-13-14(21-10-20-13)5-11(1)6-16-7-12-8-17-15-3-4-18-19(15)9-12/h1-5,12,16-17H,6-10H2/t12-/m1/s1. The van der Waals surface area contributed by atoms with E-state index in [-0.39, 0.29) is 0 Å². The van der Waals surface area contributed by atoms with Gasteiger partial charge in [-0.05, 0) is 17.7 Å². The van der Waals surface area contributed by atoms with E-state index in [1.807, 2.05) is 29.1 Å². The highest BCUT2D eigenvalue weighted by atomic mass is 16.7. The molecule has 0 saturated heterocycles. The fourth-order valence-electron chi connectivity index (χ4n) is 2.79. The smallest absolute Gasteiger partial charge is 0.231 e. The van der Waals surface area contributed by atoms with E-state index in [0.717, 1.165) is 43.5 Å². The van der Waals surface area contributed by atoms with Crippen LogP contribution in [0.5, 0.6) is 11.5 Å². The second-order valence-corrected chi connectivity index (χ2v) is 5.46. The molecular weight excluding hydrogens is 268 g/mol. The SMILES string of the molecule is c1cc2n(n1)C[C@H](CNCc1ccc3c(c1)OCO3)CN2. The molecule has 0 radical (unpaired) electrons. The van der Waals surface area contributed by atoms with E-state index >= 15 is 0 Å². The Kier molecular flexibility index (Phi) is 3.16. The zero-order chi connectivity index (χ0) is 14.1. The molecule has 0 aliphatic carbocycles. The van der Waals surface area contributed by atoms with Crippen LogP contribution < -0.4 is 20.1 Å². The molecule has 1 aromatic heterocycles. The van der Waals surface area contributed by atoms with Crippen LogP contribution in [0.4, 0.5) is 5.82 Å². The van der Waals surface area contributed by atoms with Crippen molar-refractivity contribution in [1.82, 2.24) is 15.1 Å². The van der Waals surface area contributed by atoms with Crippen LogP contribution in [0.3, 0.4) is 0 Å². The molecule has 0 spiro atoms. The van der Waals surface area contributed by atoms with Gasteiger partial charge in [-0.25, -0.2) is 4.68 Å². The topological polar surface area (TPSA) is 60.3 Å². The molecule has 6 heteroatoms. The Hall–Kier alpha value is -2.21. The Morgan fingerprint density at radius 2 is 2.24 bits per heavy atom. The summed E-state index contributed by atoms with van der Waals surface area (Å²) in [4.78, 5) is 0. The Labute approximate surface area is 123 Å². The van der Waals surface area contributed by atoms with Crippen LogP contribution >= 0.6 is 0 Å². The lowest BCUT2D eigenvalue weighted by Crippen LogP contribution is -2.35. The number of benzene rings is 1. The summed E-state index contributed by atoms with van der Waals surface area (Å²) in [6.07, 6.45) is 1.84. The number of ether oxygens (including phenoxy) is 2. The van der Waals surface area contributed by atoms with Gasteiger partial charge in [-0.15, -0.1) is 0 Å². The summed E-state index contributed by atoms with van der Waals surface area (Å²) in [6, 6.07) is 8.10. The molecule has 110 valence electrons. The van der Waals surface area contributed by atoms with E-state index in [1.54, 1.807) is 0 Å². The molecule has 0 bridgehead atoms. The number of nitrogens with zero attached hydrogens (tertiary/aromatic N) is 2. The predicted molar refractivity (Wildman–Crippen MR) is 78.5 cm³/mol. The van der Waals surface area contributed by atoms with Crippen molar-refractivity contribution in [3.05, 3.63) is 36.0 Å².